The lowest BCUT2D eigenvalue weighted by molar-refractivity contribution is 0.0868. The van der Waals surface area contributed by atoms with Gasteiger partial charge in [0.15, 0.2) is 0 Å². The molecule has 2 aromatic rings. The Morgan fingerprint density at radius 2 is 2.16 bits per heavy atom. The molecule has 3 nitrogen and oxygen atoms in total. The molecule has 0 spiro atoms. The number of nitrogens with zero attached hydrogens (tertiary/aromatic N) is 2. The first kappa shape index (κ1) is 12.2. The van der Waals surface area contributed by atoms with Gasteiger partial charge in [-0.15, -0.1) is 0 Å². The van der Waals surface area contributed by atoms with Gasteiger partial charge in [0.25, 0.3) is 0 Å². The fourth-order valence-electron chi connectivity index (χ4n) is 2.63. The maximum absolute atomic E-state index is 5.89. The highest BCUT2D eigenvalue weighted by Gasteiger charge is 2.19. The minimum atomic E-state index is 0.632. The lowest BCUT2D eigenvalue weighted by Crippen LogP contribution is -2.32. The summed E-state index contributed by atoms with van der Waals surface area (Å²) in [6, 6.07) is 10.4. The van der Waals surface area contributed by atoms with Crippen LogP contribution in [-0.4, -0.2) is 16.6 Å². The SMILES string of the molecule is Cc1cc(C)c2c(c1)CN(Cc1ccccn1)CO2. The third kappa shape index (κ3) is 2.61. The molecule has 3 rings (SSSR count). The molecule has 1 aliphatic rings. The predicted octanol–water partition coefficient (Wildman–Crippen LogP) is 3.05. The molecule has 1 aliphatic heterocycles. The molecule has 0 fully saturated rings. The van der Waals surface area contributed by atoms with E-state index in [1.807, 2.05) is 18.3 Å². The molecule has 1 aromatic heterocycles. The summed E-state index contributed by atoms with van der Waals surface area (Å²) in [5.41, 5.74) is 4.88. The third-order valence-electron chi connectivity index (χ3n) is 3.39. The summed E-state index contributed by atoms with van der Waals surface area (Å²) >= 11 is 0. The van der Waals surface area contributed by atoms with Crippen LogP contribution in [0.2, 0.25) is 0 Å². The van der Waals surface area contributed by atoms with Crippen molar-refractivity contribution in [1.29, 1.82) is 0 Å². The fourth-order valence-corrected chi connectivity index (χ4v) is 2.63. The first-order valence-corrected chi connectivity index (χ1v) is 6.57. The van der Waals surface area contributed by atoms with Crippen LogP contribution >= 0.6 is 0 Å². The summed E-state index contributed by atoms with van der Waals surface area (Å²) < 4.78 is 5.89. The Morgan fingerprint density at radius 1 is 1.26 bits per heavy atom. The molecule has 2 heterocycles. The molecule has 0 aliphatic carbocycles. The molecule has 3 heteroatoms. The molecule has 0 N–H and O–H groups in total. The molecule has 0 radical (unpaired) electrons. The number of hydrogen-bond donors (Lipinski definition) is 0. The van der Waals surface area contributed by atoms with E-state index in [0.717, 1.165) is 24.5 Å². The van der Waals surface area contributed by atoms with Crippen molar-refractivity contribution in [2.45, 2.75) is 26.9 Å². The van der Waals surface area contributed by atoms with Gasteiger partial charge in [0.1, 0.15) is 12.5 Å². The van der Waals surface area contributed by atoms with Crippen molar-refractivity contribution < 1.29 is 4.74 Å². The second-order valence-corrected chi connectivity index (χ2v) is 5.15. The van der Waals surface area contributed by atoms with Crippen molar-refractivity contribution in [2.75, 3.05) is 6.73 Å². The van der Waals surface area contributed by atoms with Crippen LogP contribution < -0.4 is 4.74 Å². The van der Waals surface area contributed by atoms with Crippen LogP contribution in [0.5, 0.6) is 5.75 Å². The molecule has 0 bridgehead atoms. The second kappa shape index (κ2) is 5.02. The van der Waals surface area contributed by atoms with Gasteiger partial charge in [-0.25, -0.2) is 0 Å². The summed E-state index contributed by atoms with van der Waals surface area (Å²) in [6.07, 6.45) is 1.84. The number of fused-ring (bicyclic) bond motifs is 1. The highest BCUT2D eigenvalue weighted by atomic mass is 16.5. The number of hydrogen-bond acceptors (Lipinski definition) is 3. The molecule has 0 atom stereocenters. The summed E-state index contributed by atoms with van der Waals surface area (Å²) in [6.45, 7) is 6.63. The van der Waals surface area contributed by atoms with Gasteiger partial charge in [0, 0.05) is 24.8 Å². The minimum absolute atomic E-state index is 0.632. The predicted molar refractivity (Wildman–Crippen MR) is 74.9 cm³/mol. The number of aryl methyl sites for hydroxylation is 2. The topological polar surface area (TPSA) is 25.4 Å². The number of aromatic nitrogens is 1. The highest BCUT2D eigenvalue weighted by molar-refractivity contribution is 5.44. The van der Waals surface area contributed by atoms with Gasteiger partial charge in [0.05, 0.1) is 5.69 Å². The number of pyridine rings is 1. The molecular weight excluding hydrogens is 236 g/mol. The van der Waals surface area contributed by atoms with Crippen molar-refractivity contribution in [1.82, 2.24) is 9.88 Å². The standard InChI is InChI=1S/C16H18N2O/c1-12-7-13(2)16-14(8-12)9-18(11-19-16)10-15-5-3-4-6-17-15/h3-8H,9-11H2,1-2H3. The van der Waals surface area contributed by atoms with Crippen LogP contribution in [0.25, 0.3) is 0 Å². The zero-order valence-electron chi connectivity index (χ0n) is 11.4. The molecule has 0 amide bonds. The lowest BCUT2D eigenvalue weighted by Gasteiger charge is -2.30. The molecule has 19 heavy (non-hydrogen) atoms. The Kier molecular flexibility index (Phi) is 3.22. The molecule has 1 aromatic carbocycles. The van der Waals surface area contributed by atoms with E-state index in [9.17, 15) is 0 Å². The van der Waals surface area contributed by atoms with Gasteiger partial charge < -0.3 is 4.74 Å². The van der Waals surface area contributed by atoms with E-state index in [4.69, 9.17) is 4.74 Å². The fraction of sp³-hybridized carbons (Fsp3) is 0.312. The normalized spacial score (nSPS) is 14.8. The van der Waals surface area contributed by atoms with E-state index in [-0.39, 0.29) is 0 Å². The van der Waals surface area contributed by atoms with Crippen LogP contribution in [0.15, 0.2) is 36.5 Å². The quantitative estimate of drug-likeness (QED) is 0.823. The average molecular weight is 254 g/mol. The van der Waals surface area contributed by atoms with Crippen molar-refractivity contribution in [3.63, 3.8) is 0 Å². The van der Waals surface area contributed by atoms with Gasteiger partial charge in [-0.05, 0) is 31.5 Å². The van der Waals surface area contributed by atoms with Gasteiger partial charge in [-0.3, -0.25) is 9.88 Å². The van der Waals surface area contributed by atoms with Crippen LogP contribution in [0.4, 0.5) is 0 Å². The van der Waals surface area contributed by atoms with Crippen LogP contribution in [-0.2, 0) is 13.1 Å². The molecular formula is C16H18N2O. The maximum atomic E-state index is 5.89. The largest absolute Gasteiger partial charge is 0.478 e. The van der Waals surface area contributed by atoms with Crippen LogP contribution in [0.3, 0.4) is 0 Å². The molecule has 98 valence electrons. The highest BCUT2D eigenvalue weighted by Crippen LogP contribution is 2.30. The number of rotatable bonds is 2. The maximum Gasteiger partial charge on any atom is 0.142 e. The summed E-state index contributed by atoms with van der Waals surface area (Å²) in [4.78, 5) is 6.63. The number of ether oxygens (including phenoxy) is 1. The second-order valence-electron chi connectivity index (χ2n) is 5.15. The third-order valence-corrected chi connectivity index (χ3v) is 3.39. The Bertz CT molecular complexity index is 581. The van der Waals surface area contributed by atoms with Gasteiger partial charge in [-0.1, -0.05) is 23.8 Å². The van der Waals surface area contributed by atoms with E-state index in [1.165, 1.54) is 16.7 Å². The average Bonchev–Trinajstić information content (AvgIpc) is 2.39. The van der Waals surface area contributed by atoms with Crippen molar-refractivity contribution in [3.8, 4) is 5.75 Å². The summed E-state index contributed by atoms with van der Waals surface area (Å²) in [5.74, 6) is 1.06. The van der Waals surface area contributed by atoms with E-state index in [0.29, 0.717) is 6.73 Å². The lowest BCUT2D eigenvalue weighted by atomic mass is 10.0. The zero-order valence-corrected chi connectivity index (χ0v) is 11.4. The van der Waals surface area contributed by atoms with Crippen LogP contribution in [0.1, 0.15) is 22.4 Å². The first-order valence-electron chi connectivity index (χ1n) is 6.57. The van der Waals surface area contributed by atoms with Crippen molar-refractivity contribution in [3.05, 3.63) is 58.9 Å². The van der Waals surface area contributed by atoms with Gasteiger partial charge in [0.2, 0.25) is 0 Å². The smallest absolute Gasteiger partial charge is 0.142 e. The molecule has 0 saturated heterocycles. The van der Waals surface area contributed by atoms with E-state index in [1.54, 1.807) is 0 Å². The van der Waals surface area contributed by atoms with Crippen molar-refractivity contribution in [2.24, 2.45) is 0 Å². The number of benzene rings is 1. The molecule has 0 saturated carbocycles. The van der Waals surface area contributed by atoms with E-state index < -0.39 is 0 Å². The summed E-state index contributed by atoms with van der Waals surface area (Å²) in [7, 11) is 0. The van der Waals surface area contributed by atoms with Gasteiger partial charge >= 0.3 is 0 Å². The Hall–Kier alpha value is -1.87. The minimum Gasteiger partial charge on any atom is -0.478 e. The van der Waals surface area contributed by atoms with Crippen molar-refractivity contribution >= 4 is 0 Å². The van der Waals surface area contributed by atoms with Gasteiger partial charge in [-0.2, -0.15) is 0 Å². The van der Waals surface area contributed by atoms with E-state index >= 15 is 0 Å². The Morgan fingerprint density at radius 3 is 2.95 bits per heavy atom. The monoisotopic (exact) mass is 254 g/mol. The zero-order chi connectivity index (χ0) is 13.2. The first-order chi connectivity index (χ1) is 9.22. The Labute approximate surface area is 113 Å². The molecule has 0 unspecified atom stereocenters. The van der Waals surface area contributed by atoms with E-state index in [2.05, 4.69) is 41.9 Å². The van der Waals surface area contributed by atoms with Crippen LogP contribution in [0, 0.1) is 13.8 Å². The summed E-state index contributed by atoms with van der Waals surface area (Å²) in [5, 5.41) is 0. The Balaban J connectivity index is 1.79.